The van der Waals surface area contributed by atoms with Crippen molar-refractivity contribution < 1.29 is 19.1 Å². The first kappa shape index (κ1) is 15.8. The summed E-state index contributed by atoms with van der Waals surface area (Å²) in [5.74, 6) is -0.687. The molecular formula is C15H18N2O3. The van der Waals surface area contributed by atoms with Gasteiger partial charge < -0.3 is 15.0 Å². The first-order chi connectivity index (χ1) is 9.63. The van der Waals surface area contributed by atoms with Crippen molar-refractivity contribution in [2.24, 2.45) is 0 Å². The van der Waals surface area contributed by atoms with Crippen LogP contribution in [0.5, 0.6) is 0 Å². The zero-order valence-electron chi connectivity index (χ0n) is 11.7. The number of carbonyl (C=O) groups excluding carboxylic acids is 1. The maximum absolute atomic E-state index is 11.1. The Labute approximate surface area is 118 Å². The number of esters is 1. The van der Waals surface area contributed by atoms with Crippen LogP contribution in [-0.2, 0) is 27.5 Å². The molecular weight excluding hydrogens is 256 g/mol. The van der Waals surface area contributed by atoms with Crippen LogP contribution in [-0.4, -0.2) is 23.6 Å². The van der Waals surface area contributed by atoms with Gasteiger partial charge in [0, 0.05) is 0 Å². The van der Waals surface area contributed by atoms with Crippen LogP contribution >= 0.6 is 0 Å². The SMILES string of the molecule is CC(C)=CCOCc1ccccc1COC(=O)C=[N+]=[N-]. The highest BCUT2D eigenvalue weighted by Crippen LogP contribution is 2.11. The first-order valence-corrected chi connectivity index (χ1v) is 6.25. The molecule has 20 heavy (non-hydrogen) atoms. The van der Waals surface area contributed by atoms with E-state index in [-0.39, 0.29) is 6.61 Å². The molecule has 0 N–H and O–H groups in total. The lowest BCUT2D eigenvalue weighted by atomic mass is 10.1. The number of allylic oxidation sites excluding steroid dienone is 1. The molecule has 1 aromatic rings. The zero-order valence-corrected chi connectivity index (χ0v) is 11.7. The van der Waals surface area contributed by atoms with Crippen molar-refractivity contribution in [1.82, 2.24) is 0 Å². The third kappa shape index (κ3) is 6.09. The molecule has 0 atom stereocenters. The van der Waals surface area contributed by atoms with Gasteiger partial charge in [0.2, 0.25) is 0 Å². The Morgan fingerprint density at radius 1 is 1.25 bits per heavy atom. The van der Waals surface area contributed by atoms with Crippen molar-refractivity contribution >= 4 is 12.2 Å². The van der Waals surface area contributed by atoms with Crippen molar-refractivity contribution in [1.29, 1.82) is 0 Å². The molecule has 106 valence electrons. The summed E-state index contributed by atoms with van der Waals surface area (Å²) in [6, 6.07) is 7.55. The third-order valence-electron chi connectivity index (χ3n) is 2.52. The summed E-state index contributed by atoms with van der Waals surface area (Å²) in [5, 5.41) is 0. The lowest BCUT2D eigenvalue weighted by molar-refractivity contribution is -0.140. The number of nitrogens with zero attached hydrogens (tertiary/aromatic N) is 2. The number of ether oxygens (including phenoxy) is 2. The first-order valence-electron chi connectivity index (χ1n) is 6.25. The van der Waals surface area contributed by atoms with Gasteiger partial charge in [-0.05, 0) is 25.0 Å². The van der Waals surface area contributed by atoms with Crippen molar-refractivity contribution in [3.63, 3.8) is 0 Å². The summed E-state index contributed by atoms with van der Waals surface area (Å²) in [5.41, 5.74) is 11.3. The Hall–Kier alpha value is -2.23. The molecule has 1 rings (SSSR count). The highest BCUT2D eigenvalue weighted by molar-refractivity contribution is 6.20. The van der Waals surface area contributed by atoms with E-state index in [1.807, 2.05) is 44.2 Å². The fourth-order valence-corrected chi connectivity index (χ4v) is 1.47. The van der Waals surface area contributed by atoms with Crippen LogP contribution < -0.4 is 0 Å². The molecule has 0 spiro atoms. The predicted octanol–water partition coefficient (Wildman–Crippen LogP) is 2.51. The molecule has 0 aliphatic carbocycles. The van der Waals surface area contributed by atoms with Gasteiger partial charge in [-0.25, -0.2) is 4.79 Å². The molecule has 0 unspecified atom stereocenters. The predicted molar refractivity (Wildman–Crippen MR) is 75.0 cm³/mol. The molecule has 0 bridgehead atoms. The Kier molecular flexibility index (Phi) is 6.96. The van der Waals surface area contributed by atoms with Gasteiger partial charge in [0.1, 0.15) is 6.61 Å². The second-order valence-electron chi connectivity index (χ2n) is 4.42. The van der Waals surface area contributed by atoms with Crippen molar-refractivity contribution in [3.8, 4) is 0 Å². The van der Waals surface area contributed by atoms with Gasteiger partial charge in [-0.2, -0.15) is 4.79 Å². The fraction of sp³-hybridized carbons (Fsp3) is 0.333. The molecule has 0 aromatic heterocycles. The molecule has 1 aromatic carbocycles. The summed E-state index contributed by atoms with van der Waals surface area (Å²) in [7, 11) is 0. The largest absolute Gasteiger partial charge is 0.452 e. The van der Waals surface area contributed by atoms with E-state index in [2.05, 4.69) is 4.79 Å². The quantitative estimate of drug-likeness (QED) is 0.191. The van der Waals surface area contributed by atoms with Gasteiger partial charge in [0.25, 0.3) is 0 Å². The Bertz CT molecular complexity index is 528. The number of rotatable bonds is 7. The number of hydrogen-bond donors (Lipinski definition) is 0. The topological polar surface area (TPSA) is 71.9 Å². The molecule has 0 aliphatic rings. The van der Waals surface area contributed by atoms with Crippen LogP contribution in [0.3, 0.4) is 0 Å². The van der Waals surface area contributed by atoms with E-state index in [0.29, 0.717) is 19.4 Å². The summed E-state index contributed by atoms with van der Waals surface area (Å²) in [4.78, 5) is 13.7. The van der Waals surface area contributed by atoms with Crippen molar-refractivity contribution in [2.45, 2.75) is 27.1 Å². The average Bonchev–Trinajstić information content (AvgIpc) is 2.42. The second kappa shape index (κ2) is 8.80. The summed E-state index contributed by atoms with van der Waals surface area (Å²) < 4.78 is 10.5. The highest BCUT2D eigenvalue weighted by Gasteiger charge is 2.07. The minimum absolute atomic E-state index is 0.118. The number of carbonyl (C=O) groups is 1. The third-order valence-corrected chi connectivity index (χ3v) is 2.52. The Morgan fingerprint density at radius 3 is 2.50 bits per heavy atom. The van der Waals surface area contributed by atoms with E-state index in [1.165, 1.54) is 5.57 Å². The molecule has 5 heteroatoms. The Morgan fingerprint density at radius 2 is 1.90 bits per heavy atom. The van der Waals surface area contributed by atoms with E-state index >= 15 is 0 Å². The Balaban J connectivity index is 2.56. The summed E-state index contributed by atoms with van der Waals surface area (Å²) >= 11 is 0. The summed E-state index contributed by atoms with van der Waals surface area (Å²) in [6.45, 7) is 5.14. The van der Waals surface area contributed by atoms with E-state index in [4.69, 9.17) is 15.0 Å². The average molecular weight is 274 g/mol. The maximum atomic E-state index is 11.1. The molecule has 0 heterocycles. The zero-order chi connectivity index (χ0) is 14.8. The monoisotopic (exact) mass is 274 g/mol. The van der Waals surface area contributed by atoms with Gasteiger partial charge in [-0.1, -0.05) is 35.9 Å². The second-order valence-corrected chi connectivity index (χ2v) is 4.42. The lowest BCUT2D eigenvalue weighted by Gasteiger charge is -2.09. The number of hydrogen-bond acceptors (Lipinski definition) is 3. The van der Waals surface area contributed by atoms with Crippen LogP contribution in [0.15, 0.2) is 35.9 Å². The minimum Gasteiger partial charge on any atom is -0.452 e. The fourth-order valence-electron chi connectivity index (χ4n) is 1.47. The molecule has 0 amide bonds. The smallest absolute Gasteiger partial charge is 0.413 e. The number of benzene rings is 1. The van der Waals surface area contributed by atoms with Crippen molar-refractivity contribution in [3.05, 3.63) is 52.6 Å². The molecule has 0 aliphatic heterocycles. The summed E-state index contributed by atoms with van der Waals surface area (Å²) in [6.07, 6.45) is 2.72. The molecule has 0 radical (unpaired) electrons. The molecule has 0 saturated heterocycles. The maximum Gasteiger partial charge on any atom is 0.413 e. The minimum atomic E-state index is -0.687. The van der Waals surface area contributed by atoms with Gasteiger partial charge in [-0.15, -0.1) is 0 Å². The standard InChI is InChI=1S/C15H18N2O3/c1-12(2)7-8-19-10-13-5-3-4-6-14(13)11-20-15(18)9-17-16/h3-7,9H,8,10-11H2,1-2H3. The van der Waals surface area contributed by atoms with Crippen LogP contribution in [0.25, 0.3) is 5.53 Å². The van der Waals surface area contributed by atoms with Crippen LogP contribution in [0.2, 0.25) is 0 Å². The molecule has 0 fully saturated rings. The highest BCUT2D eigenvalue weighted by atomic mass is 16.5. The van der Waals surface area contributed by atoms with Gasteiger partial charge in [0.05, 0.1) is 13.2 Å². The lowest BCUT2D eigenvalue weighted by Crippen LogP contribution is -2.08. The van der Waals surface area contributed by atoms with E-state index in [0.717, 1.165) is 11.1 Å². The van der Waals surface area contributed by atoms with E-state index < -0.39 is 5.97 Å². The molecule has 0 saturated carbocycles. The van der Waals surface area contributed by atoms with Crippen LogP contribution in [0.1, 0.15) is 25.0 Å². The van der Waals surface area contributed by atoms with Crippen molar-refractivity contribution in [2.75, 3.05) is 6.61 Å². The van der Waals surface area contributed by atoms with Crippen LogP contribution in [0, 0.1) is 0 Å². The van der Waals surface area contributed by atoms with E-state index in [1.54, 1.807) is 0 Å². The molecule has 5 nitrogen and oxygen atoms in total. The van der Waals surface area contributed by atoms with Gasteiger partial charge in [-0.3, -0.25) is 0 Å². The van der Waals surface area contributed by atoms with Gasteiger partial charge in [0.15, 0.2) is 0 Å². The van der Waals surface area contributed by atoms with Gasteiger partial charge >= 0.3 is 12.2 Å². The van der Waals surface area contributed by atoms with E-state index in [9.17, 15) is 4.79 Å². The van der Waals surface area contributed by atoms with Crippen LogP contribution in [0.4, 0.5) is 0 Å². The normalized spacial score (nSPS) is 9.50.